The first-order valence-electron chi connectivity index (χ1n) is 15.1. The highest BCUT2D eigenvalue weighted by molar-refractivity contribution is 5.97. The lowest BCUT2D eigenvalue weighted by Gasteiger charge is -2.49. The average molecular weight is 586 g/mol. The van der Waals surface area contributed by atoms with Crippen molar-refractivity contribution in [1.29, 1.82) is 0 Å². The lowest BCUT2D eigenvalue weighted by molar-refractivity contribution is -0.192. The topological polar surface area (TPSA) is 156 Å². The van der Waals surface area contributed by atoms with Crippen LogP contribution in [0.1, 0.15) is 89.5 Å². The number of carbonyl (C=O) groups excluding carboxylic acids is 3. The number of esters is 2. The van der Waals surface area contributed by atoms with E-state index in [0.29, 0.717) is 36.3 Å². The van der Waals surface area contributed by atoms with Crippen LogP contribution in [0.2, 0.25) is 0 Å². The van der Waals surface area contributed by atoms with Crippen LogP contribution in [0.5, 0.6) is 0 Å². The van der Waals surface area contributed by atoms with E-state index in [-0.39, 0.29) is 35.7 Å². The van der Waals surface area contributed by atoms with Gasteiger partial charge in [0.1, 0.15) is 17.3 Å². The third-order valence-electron chi connectivity index (χ3n) is 10.7. The van der Waals surface area contributed by atoms with Crippen molar-refractivity contribution in [3.63, 3.8) is 0 Å². The van der Waals surface area contributed by atoms with Gasteiger partial charge in [-0.25, -0.2) is 4.79 Å². The molecule has 4 aliphatic carbocycles. The van der Waals surface area contributed by atoms with Crippen LogP contribution in [0.25, 0.3) is 0 Å². The molecule has 10 nitrogen and oxygen atoms in total. The van der Waals surface area contributed by atoms with Crippen molar-refractivity contribution in [3.05, 3.63) is 40.3 Å². The minimum atomic E-state index is -2.34. The lowest BCUT2D eigenvalue weighted by Crippen LogP contribution is -2.66. The Labute approximate surface area is 246 Å². The second-order valence-electron chi connectivity index (χ2n) is 13.1. The monoisotopic (exact) mass is 585 g/mol. The van der Waals surface area contributed by atoms with Crippen LogP contribution in [0.15, 0.2) is 27.8 Å². The zero-order valence-corrected chi connectivity index (χ0v) is 25.5. The van der Waals surface area contributed by atoms with Crippen LogP contribution in [0, 0.1) is 28.6 Å². The van der Waals surface area contributed by atoms with Crippen molar-refractivity contribution in [2.45, 2.75) is 104 Å². The molecule has 42 heavy (non-hydrogen) atoms. The predicted octanol–water partition coefficient (Wildman–Crippen LogP) is 3.26. The summed E-state index contributed by atoms with van der Waals surface area (Å²) in [5.74, 6) is -3.06. The van der Waals surface area contributed by atoms with Crippen LogP contribution in [0.3, 0.4) is 0 Å². The van der Waals surface area contributed by atoms with Gasteiger partial charge in [0.15, 0.2) is 23.2 Å². The molecule has 0 radical (unpaired) electrons. The van der Waals surface area contributed by atoms with E-state index in [2.05, 4.69) is 5.16 Å². The summed E-state index contributed by atoms with van der Waals surface area (Å²) >= 11 is 0. The van der Waals surface area contributed by atoms with Gasteiger partial charge in [-0.1, -0.05) is 58.9 Å². The number of fused-ring (bicyclic) bond motifs is 3. The summed E-state index contributed by atoms with van der Waals surface area (Å²) in [4.78, 5) is 41.3. The number of aryl methyl sites for hydroxylation is 2. The number of aromatic nitrogens is 1. The van der Waals surface area contributed by atoms with E-state index >= 15 is 0 Å². The minimum Gasteiger partial charge on any atom is -0.458 e. The number of aliphatic hydroxyl groups excluding tert-OH is 2. The summed E-state index contributed by atoms with van der Waals surface area (Å²) < 4.78 is 17.6. The maximum absolute atomic E-state index is 14.8. The second-order valence-corrected chi connectivity index (χ2v) is 13.1. The third-order valence-corrected chi connectivity index (χ3v) is 10.7. The highest BCUT2D eigenvalue weighted by Gasteiger charge is 2.83. The number of carbonyl (C=O) groups is 3. The molecule has 2 bridgehead atoms. The van der Waals surface area contributed by atoms with E-state index in [1.165, 1.54) is 6.08 Å². The first-order valence-corrected chi connectivity index (χ1v) is 15.1. The predicted molar refractivity (Wildman–Crippen MR) is 150 cm³/mol. The molecule has 3 N–H and O–H groups in total. The Kier molecular flexibility index (Phi) is 7.39. The molecule has 4 aliphatic rings. The van der Waals surface area contributed by atoms with Gasteiger partial charge in [0.2, 0.25) is 0 Å². The molecule has 0 amide bonds. The quantitative estimate of drug-likeness (QED) is 0.306. The summed E-state index contributed by atoms with van der Waals surface area (Å²) in [7, 11) is 0. The van der Waals surface area contributed by atoms with Gasteiger partial charge in [0.05, 0.1) is 17.7 Å². The van der Waals surface area contributed by atoms with Crippen LogP contribution < -0.4 is 0 Å². The van der Waals surface area contributed by atoms with Gasteiger partial charge < -0.3 is 29.3 Å². The van der Waals surface area contributed by atoms with Crippen LogP contribution in [0.4, 0.5) is 0 Å². The largest absolute Gasteiger partial charge is 0.458 e. The zero-order chi connectivity index (χ0) is 31.0. The molecular formula is C32H43NO9. The molecular weight excluding hydrogens is 542 g/mol. The first-order chi connectivity index (χ1) is 19.7. The smallest absolute Gasteiger partial charge is 0.344 e. The number of rotatable bonds is 8. The van der Waals surface area contributed by atoms with Gasteiger partial charge in [0, 0.05) is 30.1 Å². The SMILES string of the molecule is CCCC(=O)O[C@@]12C[C@@H](C)[C@]34C=C(C)[C@H](OC(=O)c5c(CC)noc5CC)[C@@]3(O)[C@H](O)C(CO)=C[C@H](C4=O)[C@@H]1C2(C)C. The summed E-state index contributed by atoms with van der Waals surface area (Å²) in [5.41, 5.74) is -4.53. The Morgan fingerprint density at radius 1 is 1.19 bits per heavy atom. The van der Waals surface area contributed by atoms with Crippen LogP contribution in [-0.2, 0) is 31.9 Å². The number of allylic oxidation sites excluding steroid dienone is 1. The fourth-order valence-electron chi connectivity index (χ4n) is 8.59. The molecule has 0 aromatic carbocycles. The van der Waals surface area contributed by atoms with E-state index < -0.39 is 64.6 Å². The van der Waals surface area contributed by atoms with E-state index in [4.69, 9.17) is 14.0 Å². The van der Waals surface area contributed by atoms with Gasteiger partial charge >= 0.3 is 11.9 Å². The number of hydrogen-bond donors (Lipinski definition) is 3. The molecule has 0 saturated heterocycles. The Hall–Kier alpha value is -2.82. The standard InChI is InChI=1S/C32H43NO9/c1-8-11-22(35)41-31-14-17(5)30-13-16(4)27(40-28(38)23-20(9-2)33-42-21(23)10-3)32(30,39)25(36)18(15-34)12-19(26(30)37)24(31)29(31,6)7/h12-13,17,19,24-25,27,34,36,39H,8-11,14-15H2,1-7H3/t17-,19+,24-,25-,27+,30+,31+,32+/m1/s1. The molecule has 8 atom stereocenters. The molecule has 0 unspecified atom stereocenters. The highest BCUT2D eigenvalue weighted by atomic mass is 16.6. The van der Waals surface area contributed by atoms with Crippen molar-refractivity contribution >= 4 is 17.7 Å². The zero-order valence-electron chi connectivity index (χ0n) is 25.5. The van der Waals surface area contributed by atoms with Gasteiger partial charge in [-0.2, -0.15) is 0 Å². The number of ether oxygens (including phenoxy) is 2. The van der Waals surface area contributed by atoms with Gasteiger partial charge in [-0.05, 0) is 43.3 Å². The first kappa shape index (κ1) is 30.6. The van der Waals surface area contributed by atoms with Gasteiger partial charge in [-0.15, -0.1) is 0 Å². The van der Waals surface area contributed by atoms with Crippen molar-refractivity contribution in [1.82, 2.24) is 5.16 Å². The minimum absolute atomic E-state index is 0.0564. The Bertz CT molecular complexity index is 1350. The van der Waals surface area contributed by atoms with Crippen molar-refractivity contribution < 1.29 is 43.7 Å². The molecule has 0 aliphatic heterocycles. The van der Waals surface area contributed by atoms with Gasteiger partial charge in [-0.3, -0.25) is 9.59 Å². The Morgan fingerprint density at radius 3 is 2.48 bits per heavy atom. The molecule has 1 spiro atoms. The average Bonchev–Trinajstić information content (AvgIpc) is 3.20. The highest BCUT2D eigenvalue weighted by Crippen LogP contribution is 2.75. The van der Waals surface area contributed by atoms with Crippen molar-refractivity contribution in [3.8, 4) is 0 Å². The fourth-order valence-corrected chi connectivity index (χ4v) is 8.59. The normalized spacial score (nSPS) is 38.0. The Balaban J connectivity index is 1.64. The van der Waals surface area contributed by atoms with Crippen molar-refractivity contribution in [2.24, 2.45) is 28.6 Å². The van der Waals surface area contributed by atoms with Crippen molar-refractivity contribution in [2.75, 3.05) is 6.61 Å². The van der Waals surface area contributed by atoms with E-state index in [1.807, 2.05) is 34.6 Å². The summed E-state index contributed by atoms with van der Waals surface area (Å²) in [6.07, 6.45) is 1.95. The molecule has 1 aromatic rings. The fraction of sp³-hybridized carbons (Fsp3) is 0.688. The maximum Gasteiger partial charge on any atom is 0.344 e. The van der Waals surface area contributed by atoms with Gasteiger partial charge in [0.25, 0.3) is 0 Å². The second kappa shape index (κ2) is 10.1. The summed E-state index contributed by atoms with van der Waals surface area (Å²) in [5, 5.41) is 39.0. The summed E-state index contributed by atoms with van der Waals surface area (Å²) in [6, 6.07) is 0. The number of Topliss-reactive ketones (excluding diaryl/α,β-unsaturated/α-hetero) is 1. The lowest BCUT2D eigenvalue weighted by atomic mass is 9.59. The number of nitrogens with zero attached hydrogens (tertiary/aromatic N) is 1. The Morgan fingerprint density at radius 2 is 1.88 bits per heavy atom. The molecule has 1 aromatic heterocycles. The van der Waals surface area contributed by atoms with E-state index in [9.17, 15) is 29.7 Å². The number of aliphatic hydroxyl groups is 3. The van der Waals surface area contributed by atoms with Crippen LogP contribution in [-0.4, -0.2) is 68.2 Å². The number of ketones is 1. The molecule has 230 valence electrons. The molecule has 10 heteroatoms. The number of hydrogen-bond acceptors (Lipinski definition) is 10. The maximum atomic E-state index is 14.8. The third kappa shape index (κ3) is 3.73. The van der Waals surface area contributed by atoms with E-state index in [0.717, 1.165) is 0 Å². The molecule has 2 saturated carbocycles. The summed E-state index contributed by atoms with van der Waals surface area (Å²) in [6.45, 7) is 12.3. The van der Waals surface area contributed by atoms with E-state index in [1.54, 1.807) is 19.9 Å². The molecule has 2 fully saturated rings. The van der Waals surface area contributed by atoms with Crippen LogP contribution >= 0.6 is 0 Å². The molecule has 5 rings (SSSR count). The molecule has 1 heterocycles.